The van der Waals surface area contributed by atoms with Gasteiger partial charge in [0.25, 0.3) is 5.91 Å². The largest absolute Gasteiger partial charge is 0.339 e. The molecule has 0 spiro atoms. The van der Waals surface area contributed by atoms with Crippen LogP contribution in [-0.4, -0.2) is 48.6 Å². The van der Waals surface area contributed by atoms with E-state index < -0.39 is 7.60 Å². The molecule has 0 aromatic heterocycles. The summed E-state index contributed by atoms with van der Waals surface area (Å²) in [6.45, 7) is 6.82. The summed E-state index contributed by atoms with van der Waals surface area (Å²) < 4.78 is 23.7. The van der Waals surface area contributed by atoms with E-state index in [1.165, 1.54) is 6.92 Å². The highest BCUT2D eigenvalue weighted by Crippen LogP contribution is 2.56. The average Bonchev–Trinajstić information content (AvgIpc) is 2.62. The molecule has 1 saturated heterocycles. The highest BCUT2D eigenvalue weighted by atomic mass is 31.2. The molecule has 1 amide bonds. The smallest absolute Gasteiger partial charge is 0.333 e. The van der Waals surface area contributed by atoms with Crippen LogP contribution in [0.3, 0.4) is 0 Å². The van der Waals surface area contributed by atoms with Crippen LogP contribution in [0.15, 0.2) is 24.3 Å². The van der Waals surface area contributed by atoms with E-state index in [0.29, 0.717) is 50.3 Å². The lowest BCUT2D eigenvalue weighted by atomic mass is 10.1. The van der Waals surface area contributed by atoms with Crippen molar-refractivity contribution in [2.75, 3.05) is 26.3 Å². The van der Waals surface area contributed by atoms with Crippen LogP contribution >= 0.6 is 7.60 Å². The van der Waals surface area contributed by atoms with Gasteiger partial charge in [-0.3, -0.25) is 14.2 Å². The van der Waals surface area contributed by atoms with Gasteiger partial charge in [0.2, 0.25) is 0 Å². The van der Waals surface area contributed by atoms with Gasteiger partial charge in [-0.15, -0.1) is 0 Å². The van der Waals surface area contributed by atoms with Crippen LogP contribution in [0.4, 0.5) is 0 Å². The molecule has 1 fully saturated rings. The number of Topliss-reactive ketones (excluding diaryl/α,β-unsaturated/α-hetero) is 1. The summed E-state index contributed by atoms with van der Waals surface area (Å²) in [5.41, 5.74) is 0.974. The molecule has 25 heavy (non-hydrogen) atoms. The van der Waals surface area contributed by atoms with Gasteiger partial charge in [0.05, 0.1) is 18.9 Å². The molecule has 1 aromatic carbocycles. The fraction of sp³-hybridized carbons (Fsp3) is 0.556. The Morgan fingerprint density at radius 2 is 1.52 bits per heavy atom. The maximum Gasteiger partial charge on any atom is 0.333 e. The quantitative estimate of drug-likeness (QED) is 0.542. The first kappa shape index (κ1) is 19.8. The van der Waals surface area contributed by atoms with Gasteiger partial charge < -0.3 is 13.9 Å². The summed E-state index contributed by atoms with van der Waals surface area (Å²) in [6.07, 6.45) is 1.18. The Bertz CT molecular complexity index is 640. The molecular weight excluding hydrogens is 341 g/mol. The van der Waals surface area contributed by atoms with Crippen LogP contribution in [0.1, 0.15) is 54.3 Å². The summed E-state index contributed by atoms with van der Waals surface area (Å²) in [4.78, 5) is 25.7. The summed E-state index contributed by atoms with van der Waals surface area (Å²) in [6, 6.07) is 6.69. The third-order valence-electron chi connectivity index (χ3n) is 4.36. The fourth-order valence-corrected chi connectivity index (χ4v) is 5.10. The first-order chi connectivity index (χ1) is 11.9. The zero-order chi connectivity index (χ0) is 18.4. The number of hydrogen-bond acceptors (Lipinski definition) is 5. The van der Waals surface area contributed by atoms with Crippen molar-refractivity contribution in [2.24, 2.45) is 0 Å². The Balaban J connectivity index is 2.00. The van der Waals surface area contributed by atoms with Crippen molar-refractivity contribution in [3.05, 3.63) is 35.4 Å². The monoisotopic (exact) mass is 367 g/mol. The fourth-order valence-electron chi connectivity index (χ4n) is 3.02. The van der Waals surface area contributed by atoms with Gasteiger partial charge in [0, 0.05) is 24.2 Å². The van der Waals surface area contributed by atoms with Crippen molar-refractivity contribution in [1.29, 1.82) is 0 Å². The average molecular weight is 367 g/mol. The number of carbonyl (C=O) groups excluding carboxylic acids is 2. The third-order valence-corrected chi connectivity index (χ3v) is 7.00. The number of rotatable bonds is 7. The molecule has 6 nitrogen and oxygen atoms in total. The molecule has 1 heterocycles. The van der Waals surface area contributed by atoms with Crippen molar-refractivity contribution < 1.29 is 23.2 Å². The van der Waals surface area contributed by atoms with E-state index in [-0.39, 0.29) is 17.3 Å². The lowest BCUT2D eigenvalue weighted by molar-refractivity contribution is 0.0716. The van der Waals surface area contributed by atoms with Crippen LogP contribution < -0.4 is 0 Å². The molecule has 1 aromatic rings. The summed E-state index contributed by atoms with van der Waals surface area (Å²) in [5, 5.41) is 0. The molecule has 1 aliphatic rings. The zero-order valence-electron chi connectivity index (χ0n) is 15.1. The van der Waals surface area contributed by atoms with Gasteiger partial charge in [0.15, 0.2) is 5.78 Å². The topological polar surface area (TPSA) is 72.9 Å². The normalized spacial score (nSPS) is 16.0. The predicted octanol–water partition coefficient (Wildman–Crippen LogP) is 3.76. The number of hydrogen-bond donors (Lipinski definition) is 0. The van der Waals surface area contributed by atoms with Crippen LogP contribution in [-0.2, 0) is 13.6 Å². The minimum atomic E-state index is -3.12. The molecule has 7 heteroatoms. The number of amides is 1. The van der Waals surface area contributed by atoms with E-state index in [4.69, 9.17) is 9.05 Å². The number of likely N-dealkylation sites (tertiary alicyclic amines) is 1. The van der Waals surface area contributed by atoms with E-state index in [1.54, 1.807) is 43.0 Å². The van der Waals surface area contributed by atoms with Gasteiger partial charge in [0.1, 0.15) is 0 Å². The number of nitrogens with zero attached hydrogens (tertiary/aromatic N) is 1. The highest BCUT2D eigenvalue weighted by Gasteiger charge is 2.38. The molecule has 0 unspecified atom stereocenters. The first-order valence-corrected chi connectivity index (χ1v) is 10.3. The minimum absolute atomic E-state index is 0.0255. The van der Waals surface area contributed by atoms with Crippen LogP contribution in [0.25, 0.3) is 0 Å². The lowest BCUT2D eigenvalue weighted by Gasteiger charge is -2.35. The summed E-state index contributed by atoms with van der Waals surface area (Å²) >= 11 is 0. The highest BCUT2D eigenvalue weighted by molar-refractivity contribution is 7.54. The SMILES string of the molecule is CCOP(=O)(OCC)C1CCN(C(=O)c2ccc(C(C)=O)cc2)CC1. The van der Waals surface area contributed by atoms with Crippen LogP contribution in [0.5, 0.6) is 0 Å². The van der Waals surface area contributed by atoms with E-state index >= 15 is 0 Å². The summed E-state index contributed by atoms with van der Waals surface area (Å²) in [7, 11) is -3.12. The Morgan fingerprint density at radius 1 is 1.04 bits per heavy atom. The van der Waals surface area contributed by atoms with Crippen molar-refractivity contribution in [3.63, 3.8) is 0 Å². The van der Waals surface area contributed by atoms with Crippen molar-refractivity contribution in [3.8, 4) is 0 Å². The van der Waals surface area contributed by atoms with Crippen molar-refractivity contribution in [1.82, 2.24) is 4.90 Å². The minimum Gasteiger partial charge on any atom is -0.339 e. The molecule has 1 aliphatic heterocycles. The first-order valence-electron chi connectivity index (χ1n) is 8.70. The predicted molar refractivity (Wildman–Crippen MR) is 96.2 cm³/mol. The van der Waals surface area contributed by atoms with Gasteiger partial charge >= 0.3 is 7.60 Å². The van der Waals surface area contributed by atoms with Crippen LogP contribution in [0.2, 0.25) is 0 Å². The molecule has 0 saturated carbocycles. The molecular formula is C18H26NO5P. The number of carbonyl (C=O) groups is 2. The van der Waals surface area contributed by atoms with E-state index in [9.17, 15) is 14.2 Å². The second-order valence-corrected chi connectivity index (χ2v) is 8.36. The molecule has 0 atom stereocenters. The Hall–Kier alpha value is -1.49. The third kappa shape index (κ3) is 4.78. The van der Waals surface area contributed by atoms with Gasteiger partial charge in [-0.1, -0.05) is 12.1 Å². The Kier molecular flexibility index (Phi) is 6.94. The molecule has 0 bridgehead atoms. The van der Waals surface area contributed by atoms with E-state index in [2.05, 4.69) is 0 Å². The van der Waals surface area contributed by atoms with E-state index in [1.807, 2.05) is 0 Å². The number of piperidine rings is 1. The molecule has 0 radical (unpaired) electrons. The number of benzene rings is 1. The second-order valence-electron chi connectivity index (χ2n) is 6.03. The molecule has 138 valence electrons. The van der Waals surface area contributed by atoms with Gasteiger partial charge in [-0.25, -0.2) is 0 Å². The maximum atomic E-state index is 12.8. The number of ketones is 1. The van der Waals surface area contributed by atoms with Crippen molar-refractivity contribution >= 4 is 19.3 Å². The standard InChI is InChI=1S/C18H26NO5P/c1-4-23-25(22,24-5-2)17-10-12-19(13-11-17)18(21)16-8-6-15(7-9-16)14(3)20/h6-9,17H,4-5,10-13H2,1-3H3. The summed E-state index contributed by atoms with van der Waals surface area (Å²) in [5.74, 6) is -0.0985. The van der Waals surface area contributed by atoms with Crippen molar-refractivity contribution in [2.45, 2.75) is 39.3 Å². The molecule has 2 rings (SSSR count). The zero-order valence-corrected chi connectivity index (χ0v) is 16.0. The van der Waals surface area contributed by atoms with Gasteiger partial charge in [-0.2, -0.15) is 0 Å². The maximum absolute atomic E-state index is 12.8. The Labute approximate surface area is 149 Å². The second kappa shape index (κ2) is 8.75. The van der Waals surface area contributed by atoms with Crippen LogP contribution in [0, 0.1) is 0 Å². The van der Waals surface area contributed by atoms with Gasteiger partial charge in [-0.05, 0) is 45.7 Å². The van der Waals surface area contributed by atoms with E-state index in [0.717, 1.165) is 0 Å². The molecule has 0 N–H and O–H groups in total. The lowest BCUT2D eigenvalue weighted by Crippen LogP contribution is -2.40. The molecule has 0 aliphatic carbocycles. The Morgan fingerprint density at radius 3 is 1.96 bits per heavy atom.